The zero-order chi connectivity index (χ0) is 18.7. The fourth-order valence-electron chi connectivity index (χ4n) is 2.73. The molecule has 0 saturated heterocycles. The van der Waals surface area contributed by atoms with Crippen LogP contribution < -0.4 is 5.32 Å². The molecule has 0 saturated carbocycles. The number of benzene rings is 3. The molecular formula is C20H15F2NO3. The number of carbonyl (C=O) groups is 2. The fraction of sp³-hybridized carbons (Fsp3) is 0.100. The summed E-state index contributed by atoms with van der Waals surface area (Å²) in [4.78, 5) is 23.8. The lowest BCUT2D eigenvalue weighted by Gasteiger charge is -2.10. The Balaban J connectivity index is 1.85. The highest BCUT2D eigenvalue weighted by molar-refractivity contribution is 5.97. The number of methoxy groups -OCH3 is 1. The van der Waals surface area contributed by atoms with Gasteiger partial charge in [0.1, 0.15) is 11.6 Å². The van der Waals surface area contributed by atoms with Gasteiger partial charge in [0, 0.05) is 6.07 Å². The lowest BCUT2D eigenvalue weighted by molar-refractivity contribution is -0.115. The number of halogens is 2. The van der Waals surface area contributed by atoms with E-state index in [1.807, 2.05) is 42.5 Å². The van der Waals surface area contributed by atoms with E-state index in [4.69, 9.17) is 0 Å². The lowest BCUT2D eigenvalue weighted by Crippen LogP contribution is -2.17. The van der Waals surface area contributed by atoms with Crippen LogP contribution in [-0.4, -0.2) is 19.0 Å². The summed E-state index contributed by atoms with van der Waals surface area (Å²) in [6.45, 7) is 0. The molecule has 0 bridgehead atoms. The molecule has 3 rings (SSSR count). The number of esters is 1. The van der Waals surface area contributed by atoms with E-state index in [0.29, 0.717) is 6.07 Å². The minimum Gasteiger partial charge on any atom is -0.465 e. The summed E-state index contributed by atoms with van der Waals surface area (Å²) in [5.74, 6) is -3.46. The van der Waals surface area contributed by atoms with Crippen molar-refractivity contribution in [2.45, 2.75) is 6.42 Å². The minimum atomic E-state index is -1.05. The molecule has 0 spiro atoms. The van der Waals surface area contributed by atoms with Crippen LogP contribution in [0.3, 0.4) is 0 Å². The Morgan fingerprint density at radius 2 is 1.73 bits per heavy atom. The Labute approximate surface area is 148 Å². The highest BCUT2D eigenvalue weighted by Gasteiger charge is 2.18. The van der Waals surface area contributed by atoms with Crippen LogP contribution in [-0.2, 0) is 16.0 Å². The van der Waals surface area contributed by atoms with Crippen LogP contribution in [0.2, 0.25) is 0 Å². The molecule has 26 heavy (non-hydrogen) atoms. The molecule has 0 heterocycles. The van der Waals surface area contributed by atoms with Gasteiger partial charge in [-0.25, -0.2) is 13.6 Å². The van der Waals surface area contributed by atoms with Crippen molar-refractivity contribution in [2.75, 3.05) is 12.4 Å². The van der Waals surface area contributed by atoms with E-state index >= 15 is 0 Å². The molecule has 1 amide bonds. The first-order valence-corrected chi connectivity index (χ1v) is 7.83. The van der Waals surface area contributed by atoms with Crippen LogP contribution in [0.15, 0.2) is 54.6 Å². The number of nitrogens with one attached hydrogen (secondary N) is 1. The normalized spacial score (nSPS) is 10.6. The van der Waals surface area contributed by atoms with Gasteiger partial charge < -0.3 is 10.1 Å². The number of hydrogen-bond donors (Lipinski definition) is 1. The molecule has 0 unspecified atom stereocenters. The lowest BCUT2D eigenvalue weighted by atomic mass is 10.0. The van der Waals surface area contributed by atoms with Crippen molar-refractivity contribution < 1.29 is 23.1 Å². The molecule has 4 nitrogen and oxygen atoms in total. The summed E-state index contributed by atoms with van der Waals surface area (Å²) >= 11 is 0. The number of ether oxygens (including phenoxy) is 1. The molecule has 6 heteroatoms. The van der Waals surface area contributed by atoms with E-state index in [0.717, 1.165) is 29.5 Å². The Hall–Kier alpha value is -3.28. The molecule has 0 aliphatic heterocycles. The minimum absolute atomic E-state index is 0.00568. The molecule has 0 aromatic heterocycles. The molecular weight excluding hydrogens is 340 g/mol. The molecule has 0 atom stereocenters. The van der Waals surface area contributed by atoms with E-state index < -0.39 is 29.1 Å². The summed E-state index contributed by atoms with van der Waals surface area (Å²) in [6, 6.07) is 14.6. The van der Waals surface area contributed by atoms with Crippen LogP contribution in [0.4, 0.5) is 14.5 Å². The van der Waals surface area contributed by atoms with E-state index in [-0.39, 0.29) is 12.1 Å². The van der Waals surface area contributed by atoms with Gasteiger partial charge in [0.2, 0.25) is 5.91 Å². The maximum Gasteiger partial charge on any atom is 0.340 e. The molecule has 0 aliphatic rings. The number of anilines is 1. The largest absolute Gasteiger partial charge is 0.465 e. The molecule has 0 radical (unpaired) electrons. The van der Waals surface area contributed by atoms with E-state index in [1.54, 1.807) is 0 Å². The van der Waals surface area contributed by atoms with E-state index in [9.17, 15) is 18.4 Å². The number of rotatable bonds is 4. The predicted molar refractivity (Wildman–Crippen MR) is 94.0 cm³/mol. The quantitative estimate of drug-likeness (QED) is 0.718. The van der Waals surface area contributed by atoms with Crippen molar-refractivity contribution in [3.8, 4) is 0 Å². The third kappa shape index (κ3) is 3.54. The predicted octanol–water partition coefficient (Wildman–Crippen LogP) is 4.09. The highest BCUT2D eigenvalue weighted by atomic mass is 19.1. The van der Waals surface area contributed by atoms with Crippen molar-refractivity contribution in [2.24, 2.45) is 0 Å². The SMILES string of the molecule is COC(=O)c1cc(NC(=O)Cc2cccc3ccccc23)c(F)cc1F. The Kier molecular flexibility index (Phi) is 4.93. The first-order chi connectivity index (χ1) is 12.5. The van der Waals surface area contributed by atoms with Crippen molar-refractivity contribution in [1.29, 1.82) is 0 Å². The van der Waals surface area contributed by atoms with Gasteiger partial charge in [-0.2, -0.15) is 0 Å². The number of fused-ring (bicyclic) bond motifs is 1. The zero-order valence-corrected chi connectivity index (χ0v) is 13.9. The van der Waals surface area contributed by atoms with Crippen molar-refractivity contribution in [1.82, 2.24) is 0 Å². The Morgan fingerprint density at radius 3 is 2.50 bits per heavy atom. The standard InChI is InChI=1S/C20H15F2NO3/c1-26-20(25)15-10-18(17(22)11-16(15)21)23-19(24)9-13-7-4-6-12-5-2-3-8-14(12)13/h2-8,10-11H,9H2,1H3,(H,23,24). The van der Waals surface area contributed by atoms with Gasteiger partial charge in [-0.05, 0) is 22.4 Å². The van der Waals surface area contributed by atoms with Gasteiger partial charge in [0.25, 0.3) is 0 Å². The summed E-state index contributed by atoms with van der Waals surface area (Å²) < 4.78 is 32.1. The second kappa shape index (κ2) is 7.31. The van der Waals surface area contributed by atoms with Gasteiger partial charge in [0.15, 0.2) is 0 Å². The average molecular weight is 355 g/mol. The summed E-state index contributed by atoms with van der Waals surface area (Å²) in [5, 5.41) is 4.28. The second-order valence-corrected chi connectivity index (χ2v) is 5.67. The third-order valence-corrected chi connectivity index (χ3v) is 3.97. The fourth-order valence-corrected chi connectivity index (χ4v) is 2.73. The molecule has 3 aromatic rings. The Morgan fingerprint density at radius 1 is 1.00 bits per heavy atom. The first-order valence-electron chi connectivity index (χ1n) is 7.83. The third-order valence-electron chi connectivity index (χ3n) is 3.97. The van der Waals surface area contributed by atoms with E-state index in [1.165, 1.54) is 0 Å². The van der Waals surface area contributed by atoms with Crippen LogP contribution in [0, 0.1) is 11.6 Å². The van der Waals surface area contributed by atoms with Crippen molar-refractivity contribution >= 4 is 28.3 Å². The molecule has 1 N–H and O–H groups in total. The average Bonchev–Trinajstić information content (AvgIpc) is 2.63. The van der Waals surface area contributed by atoms with Crippen LogP contribution in [0.1, 0.15) is 15.9 Å². The topological polar surface area (TPSA) is 55.4 Å². The first kappa shape index (κ1) is 17.5. The number of hydrogen-bond acceptors (Lipinski definition) is 3. The van der Waals surface area contributed by atoms with Gasteiger partial charge in [-0.15, -0.1) is 0 Å². The number of carbonyl (C=O) groups excluding carboxylic acids is 2. The summed E-state index contributed by atoms with van der Waals surface area (Å²) in [6.07, 6.45) is 0.00568. The molecule has 132 valence electrons. The van der Waals surface area contributed by atoms with E-state index in [2.05, 4.69) is 10.1 Å². The van der Waals surface area contributed by atoms with Gasteiger partial charge in [-0.3, -0.25) is 4.79 Å². The molecule has 3 aromatic carbocycles. The van der Waals surface area contributed by atoms with Crippen LogP contribution >= 0.6 is 0 Å². The number of amides is 1. The van der Waals surface area contributed by atoms with Crippen molar-refractivity contribution in [3.05, 3.63) is 77.4 Å². The smallest absolute Gasteiger partial charge is 0.340 e. The van der Waals surface area contributed by atoms with Gasteiger partial charge >= 0.3 is 5.97 Å². The monoisotopic (exact) mass is 355 g/mol. The van der Waals surface area contributed by atoms with Gasteiger partial charge in [0.05, 0.1) is 24.8 Å². The summed E-state index contributed by atoms with van der Waals surface area (Å²) in [7, 11) is 1.09. The Bertz CT molecular complexity index is 996. The zero-order valence-electron chi connectivity index (χ0n) is 13.9. The summed E-state index contributed by atoms with van der Waals surface area (Å²) in [5.41, 5.74) is 0.0442. The van der Waals surface area contributed by atoms with Gasteiger partial charge in [-0.1, -0.05) is 42.5 Å². The van der Waals surface area contributed by atoms with Crippen molar-refractivity contribution in [3.63, 3.8) is 0 Å². The molecule has 0 fully saturated rings. The van der Waals surface area contributed by atoms with Crippen LogP contribution in [0.5, 0.6) is 0 Å². The maximum atomic E-state index is 13.9. The molecule has 0 aliphatic carbocycles. The second-order valence-electron chi connectivity index (χ2n) is 5.67. The van der Waals surface area contributed by atoms with Crippen LogP contribution in [0.25, 0.3) is 10.8 Å². The highest BCUT2D eigenvalue weighted by Crippen LogP contribution is 2.22. The maximum absolute atomic E-state index is 13.9.